The fraction of sp³-hybridized carbons (Fsp3) is 0.250. The number of carbonyl (C=O) groups excluding carboxylic acids is 3. The fourth-order valence-electron chi connectivity index (χ4n) is 4.19. The summed E-state index contributed by atoms with van der Waals surface area (Å²) in [5.74, 6) is -0.138. The third-order valence-electron chi connectivity index (χ3n) is 6.00. The molecule has 3 amide bonds. The first kappa shape index (κ1) is 21.0. The molecule has 0 atom stereocenters. The van der Waals surface area contributed by atoms with Gasteiger partial charge in [-0.15, -0.1) is 0 Å². The number of hydrazine groups is 1. The van der Waals surface area contributed by atoms with Gasteiger partial charge >= 0.3 is 0 Å². The molecule has 1 saturated heterocycles. The van der Waals surface area contributed by atoms with Gasteiger partial charge in [0.05, 0.1) is 23.9 Å². The highest BCUT2D eigenvalue weighted by Gasteiger charge is 2.35. The van der Waals surface area contributed by atoms with Crippen LogP contribution in [0.15, 0.2) is 59.1 Å². The molecule has 2 aliphatic heterocycles. The first-order valence-corrected chi connectivity index (χ1v) is 10.7. The molecule has 1 aromatic heterocycles. The molecule has 33 heavy (non-hydrogen) atoms. The number of nitrogens with zero attached hydrogens (tertiary/aromatic N) is 3. The van der Waals surface area contributed by atoms with E-state index in [1.54, 1.807) is 35.4 Å². The van der Waals surface area contributed by atoms with Crippen LogP contribution in [0.2, 0.25) is 0 Å². The van der Waals surface area contributed by atoms with E-state index in [4.69, 9.17) is 4.42 Å². The third kappa shape index (κ3) is 4.03. The number of fused-ring (bicyclic) bond motifs is 1. The van der Waals surface area contributed by atoms with E-state index < -0.39 is 11.8 Å². The number of oxazole rings is 1. The summed E-state index contributed by atoms with van der Waals surface area (Å²) < 4.78 is 18.9. The van der Waals surface area contributed by atoms with Crippen LogP contribution in [0.25, 0.3) is 0 Å². The van der Waals surface area contributed by atoms with Gasteiger partial charge < -0.3 is 9.32 Å². The fourth-order valence-corrected chi connectivity index (χ4v) is 4.19. The number of halogens is 1. The van der Waals surface area contributed by atoms with E-state index in [0.29, 0.717) is 54.3 Å². The summed E-state index contributed by atoms with van der Waals surface area (Å²) in [6.07, 6.45) is 2.97. The van der Waals surface area contributed by atoms with E-state index in [2.05, 4.69) is 10.4 Å². The number of benzene rings is 2. The summed E-state index contributed by atoms with van der Waals surface area (Å²) >= 11 is 0. The molecular formula is C24H21FN4O4. The maximum absolute atomic E-state index is 13.1. The molecular weight excluding hydrogens is 427 g/mol. The Morgan fingerprint density at radius 1 is 1.03 bits per heavy atom. The van der Waals surface area contributed by atoms with Crippen molar-refractivity contribution < 1.29 is 23.2 Å². The van der Waals surface area contributed by atoms with Crippen molar-refractivity contribution in [3.05, 3.63) is 88.9 Å². The van der Waals surface area contributed by atoms with Gasteiger partial charge in [0, 0.05) is 24.6 Å². The first-order chi connectivity index (χ1) is 16.0. The van der Waals surface area contributed by atoms with Gasteiger partial charge in [0.2, 0.25) is 0 Å². The summed E-state index contributed by atoms with van der Waals surface area (Å²) in [6, 6.07) is 12.2. The van der Waals surface area contributed by atoms with Crippen molar-refractivity contribution in [3.63, 3.8) is 0 Å². The van der Waals surface area contributed by atoms with Gasteiger partial charge in [-0.2, -0.15) is 0 Å². The van der Waals surface area contributed by atoms with Crippen LogP contribution < -0.4 is 5.43 Å². The Kier molecular flexibility index (Phi) is 5.47. The topological polar surface area (TPSA) is 95.8 Å². The SMILES string of the molecule is O=C(c1ccc(F)cc1)N1CCC(c2ncc(CNN3C(=O)c4ccccc4C3=O)o2)CC1. The first-order valence-electron chi connectivity index (χ1n) is 10.7. The summed E-state index contributed by atoms with van der Waals surface area (Å²) in [6.45, 7) is 1.23. The molecule has 9 heteroatoms. The maximum atomic E-state index is 13.1. The number of nitrogens with one attached hydrogen (secondary N) is 1. The summed E-state index contributed by atoms with van der Waals surface area (Å²) in [4.78, 5) is 43.6. The minimum absolute atomic E-state index is 0.0651. The monoisotopic (exact) mass is 448 g/mol. The lowest BCUT2D eigenvalue weighted by Gasteiger charge is -2.30. The van der Waals surface area contributed by atoms with Crippen molar-refractivity contribution in [2.45, 2.75) is 25.3 Å². The predicted molar refractivity (Wildman–Crippen MR) is 115 cm³/mol. The van der Waals surface area contributed by atoms with Gasteiger partial charge in [0.25, 0.3) is 17.7 Å². The number of aromatic nitrogens is 1. The highest BCUT2D eigenvalue weighted by molar-refractivity contribution is 6.20. The predicted octanol–water partition coefficient (Wildman–Crippen LogP) is 3.13. The number of amides is 3. The van der Waals surface area contributed by atoms with E-state index >= 15 is 0 Å². The Hall–Kier alpha value is -3.85. The van der Waals surface area contributed by atoms with Crippen LogP contribution in [-0.2, 0) is 6.54 Å². The van der Waals surface area contributed by atoms with Gasteiger partial charge in [-0.1, -0.05) is 12.1 Å². The van der Waals surface area contributed by atoms with Crippen LogP contribution in [0.3, 0.4) is 0 Å². The Morgan fingerprint density at radius 2 is 1.67 bits per heavy atom. The maximum Gasteiger partial charge on any atom is 0.276 e. The largest absolute Gasteiger partial charge is 0.444 e. The van der Waals surface area contributed by atoms with Crippen LogP contribution in [0, 0.1) is 5.82 Å². The molecule has 0 saturated carbocycles. The van der Waals surface area contributed by atoms with Gasteiger partial charge in [-0.25, -0.2) is 19.8 Å². The number of likely N-dealkylation sites (tertiary alicyclic amines) is 1. The van der Waals surface area contributed by atoms with Gasteiger partial charge in [0.1, 0.15) is 11.6 Å². The number of carbonyl (C=O) groups is 3. The molecule has 0 aliphatic carbocycles. The Bertz CT molecular complexity index is 1180. The molecule has 0 spiro atoms. The van der Waals surface area contributed by atoms with Crippen LogP contribution in [0.1, 0.15) is 61.5 Å². The zero-order chi connectivity index (χ0) is 22.9. The normalized spacial score (nSPS) is 16.4. The van der Waals surface area contributed by atoms with Crippen LogP contribution in [0.4, 0.5) is 4.39 Å². The van der Waals surface area contributed by atoms with Crippen molar-refractivity contribution in [2.75, 3.05) is 13.1 Å². The number of piperidine rings is 1. The van der Waals surface area contributed by atoms with Crippen LogP contribution >= 0.6 is 0 Å². The standard InChI is InChI=1S/C24H21FN4O4/c25-17-7-5-16(6-8-17)22(30)28-11-9-15(10-12-28)21-26-13-18(33-21)14-27-29-23(31)19-3-1-2-4-20(19)24(29)32/h1-8,13,15,27H,9-12,14H2. The molecule has 2 aliphatic rings. The highest BCUT2D eigenvalue weighted by atomic mass is 19.1. The zero-order valence-electron chi connectivity index (χ0n) is 17.7. The summed E-state index contributed by atoms with van der Waals surface area (Å²) in [5.41, 5.74) is 4.03. The number of hydrogen-bond acceptors (Lipinski definition) is 6. The van der Waals surface area contributed by atoms with E-state index in [1.807, 2.05) is 0 Å². The number of hydrogen-bond donors (Lipinski definition) is 1. The van der Waals surface area contributed by atoms with Gasteiger partial charge in [0.15, 0.2) is 5.89 Å². The molecule has 2 aromatic carbocycles. The molecule has 0 bridgehead atoms. The lowest BCUT2D eigenvalue weighted by atomic mass is 9.96. The van der Waals surface area contributed by atoms with Gasteiger partial charge in [-0.05, 0) is 49.2 Å². The molecule has 1 N–H and O–H groups in total. The second-order valence-corrected chi connectivity index (χ2v) is 8.06. The van der Waals surface area contributed by atoms with Crippen LogP contribution in [0.5, 0.6) is 0 Å². The molecule has 1 fully saturated rings. The van der Waals surface area contributed by atoms with Gasteiger partial charge in [-0.3, -0.25) is 14.4 Å². The lowest BCUT2D eigenvalue weighted by Crippen LogP contribution is -2.41. The highest BCUT2D eigenvalue weighted by Crippen LogP contribution is 2.28. The number of imide groups is 1. The third-order valence-corrected chi connectivity index (χ3v) is 6.00. The smallest absolute Gasteiger partial charge is 0.276 e. The van der Waals surface area contributed by atoms with E-state index in [1.165, 1.54) is 24.3 Å². The van der Waals surface area contributed by atoms with E-state index in [-0.39, 0.29) is 24.2 Å². The molecule has 8 nitrogen and oxygen atoms in total. The van der Waals surface area contributed by atoms with Crippen molar-refractivity contribution in [1.29, 1.82) is 0 Å². The Labute approximate surface area is 189 Å². The minimum Gasteiger partial charge on any atom is -0.444 e. The molecule has 3 aromatic rings. The average Bonchev–Trinajstić information content (AvgIpc) is 3.41. The number of rotatable bonds is 5. The van der Waals surface area contributed by atoms with Crippen molar-refractivity contribution in [3.8, 4) is 0 Å². The van der Waals surface area contributed by atoms with Crippen molar-refractivity contribution in [2.24, 2.45) is 0 Å². The van der Waals surface area contributed by atoms with E-state index in [9.17, 15) is 18.8 Å². The minimum atomic E-state index is -0.395. The lowest BCUT2D eigenvalue weighted by molar-refractivity contribution is 0.0555. The van der Waals surface area contributed by atoms with E-state index in [0.717, 1.165) is 5.01 Å². The molecule has 168 valence electrons. The quantitative estimate of drug-likeness (QED) is 0.603. The Morgan fingerprint density at radius 3 is 2.30 bits per heavy atom. The average molecular weight is 448 g/mol. The summed E-state index contributed by atoms with van der Waals surface area (Å²) in [7, 11) is 0. The molecule has 3 heterocycles. The summed E-state index contributed by atoms with van der Waals surface area (Å²) in [5, 5.41) is 0.992. The molecule has 0 unspecified atom stereocenters. The molecule has 5 rings (SSSR count). The zero-order valence-corrected chi connectivity index (χ0v) is 17.7. The molecule has 0 radical (unpaired) electrons. The van der Waals surface area contributed by atoms with Crippen molar-refractivity contribution in [1.82, 2.24) is 20.3 Å². The second-order valence-electron chi connectivity index (χ2n) is 8.06. The van der Waals surface area contributed by atoms with Crippen LogP contribution in [-0.4, -0.2) is 45.7 Å². The van der Waals surface area contributed by atoms with Crippen molar-refractivity contribution >= 4 is 17.7 Å². The Balaban J connectivity index is 1.16. The second kappa shape index (κ2) is 8.59.